The monoisotopic (exact) mass is 529 g/mol. The first-order chi connectivity index (χ1) is 14.2. The van der Waals surface area contributed by atoms with Gasteiger partial charge in [-0.25, -0.2) is 0 Å². The van der Waals surface area contributed by atoms with Gasteiger partial charge in [0.15, 0.2) is 5.96 Å². The SMILES string of the molecule is CCNC(=NCC(C)N(C)Cc1ccccc1)N1CCC(CN2CCOCC2)C1.I. The van der Waals surface area contributed by atoms with Gasteiger partial charge in [-0.15, -0.1) is 24.0 Å². The van der Waals surface area contributed by atoms with Gasteiger partial charge >= 0.3 is 0 Å². The zero-order valence-electron chi connectivity index (χ0n) is 18.9. The molecule has 1 N–H and O–H groups in total. The highest BCUT2D eigenvalue weighted by molar-refractivity contribution is 14.0. The van der Waals surface area contributed by atoms with E-state index in [1.54, 1.807) is 0 Å². The number of aliphatic imine (C=N–C) groups is 1. The molecular weight excluding hydrogens is 489 g/mol. The van der Waals surface area contributed by atoms with Gasteiger partial charge in [0.25, 0.3) is 0 Å². The number of rotatable bonds is 8. The van der Waals surface area contributed by atoms with Crippen molar-refractivity contribution in [3.63, 3.8) is 0 Å². The number of nitrogens with zero attached hydrogens (tertiary/aromatic N) is 4. The molecule has 0 amide bonds. The van der Waals surface area contributed by atoms with E-state index in [4.69, 9.17) is 9.73 Å². The molecule has 3 rings (SSSR count). The minimum Gasteiger partial charge on any atom is -0.379 e. The van der Waals surface area contributed by atoms with Crippen LogP contribution in [0.3, 0.4) is 0 Å². The molecule has 2 saturated heterocycles. The summed E-state index contributed by atoms with van der Waals surface area (Å²) in [6.07, 6.45) is 1.26. The summed E-state index contributed by atoms with van der Waals surface area (Å²) in [6.45, 7) is 14.4. The first-order valence-electron chi connectivity index (χ1n) is 11.2. The van der Waals surface area contributed by atoms with Crippen LogP contribution in [0.2, 0.25) is 0 Å². The van der Waals surface area contributed by atoms with E-state index in [2.05, 4.69) is 71.2 Å². The van der Waals surface area contributed by atoms with Gasteiger partial charge < -0.3 is 15.0 Å². The number of halogens is 1. The molecular formula is C23H40IN5O. The molecule has 2 heterocycles. The Labute approximate surface area is 200 Å². The molecule has 0 aromatic heterocycles. The average molecular weight is 530 g/mol. The Hall–Kier alpha value is -0.900. The fraction of sp³-hybridized carbons (Fsp3) is 0.696. The molecule has 2 fully saturated rings. The van der Waals surface area contributed by atoms with Gasteiger partial charge in [-0.05, 0) is 38.8 Å². The normalized spacial score (nSPS) is 21.5. The van der Waals surface area contributed by atoms with Crippen molar-refractivity contribution in [2.75, 3.05) is 66.1 Å². The fourth-order valence-electron chi connectivity index (χ4n) is 4.13. The third-order valence-corrected chi connectivity index (χ3v) is 6.07. The highest BCUT2D eigenvalue weighted by Crippen LogP contribution is 2.18. The molecule has 2 aliphatic heterocycles. The number of likely N-dealkylation sites (tertiary alicyclic amines) is 1. The average Bonchev–Trinajstić information content (AvgIpc) is 3.20. The van der Waals surface area contributed by atoms with Crippen LogP contribution in [0.25, 0.3) is 0 Å². The maximum atomic E-state index is 5.48. The van der Waals surface area contributed by atoms with Gasteiger partial charge in [0.05, 0.1) is 19.8 Å². The molecule has 1 aromatic rings. The lowest BCUT2D eigenvalue weighted by molar-refractivity contribution is 0.0315. The summed E-state index contributed by atoms with van der Waals surface area (Å²) in [7, 11) is 2.19. The van der Waals surface area contributed by atoms with E-state index in [1.165, 1.54) is 18.5 Å². The predicted molar refractivity (Wildman–Crippen MR) is 136 cm³/mol. The Kier molecular flexibility index (Phi) is 11.4. The molecule has 170 valence electrons. The van der Waals surface area contributed by atoms with E-state index >= 15 is 0 Å². The summed E-state index contributed by atoms with van der Waals surface area (Å²) < 4.78 is 5.48. The van der Waals surface area contributed by atoms with Crippen molar-refractivity contribution >= 4 is 29.9 Å². The smallest absolute Gasteiger partial charge is 0.193 e. The van der Waals surface area contributed by atoms with Crippen molar-refractivity contribution in [2.45, 2.75) is 32.9 Å². The largest absolute Gasteiger partial charge is 0.379 e. The second-order valence-corrected chi connectivity index (χ2v) is 8.46. The van der Waals surface area contributed by atoms with Crippen LogP contribution >= 0.6 is 24.0 Å². The Balaban J connectivity index is 0.00000320. The molecule has 6 nitrogen and oxygen atoms in total. The van der Waals surface area contributed by atoms with E-state index in [0.29, 0.717) is 6.04 Å². The molecule has 0 saturated carbocycles. The van der Waals surface area contributed by atoms with Crippen LogP contribution in [0.15, 0.2) is 35.3 Å². The number of morpholine rings is 1. The first-order valence-corrected chi connectivity index (χ1v) is 11.2. The minimum absolute atomic E-state index is 0. The minimum atomic E-state index is 0. The molecule has 7 heteroatoms. The van der Waals surface area contributed by atoms with E-state index in [1.807, 2.05) is 0 Å². The lowest BCUT2D eigenvalue weighted by atomic mass is 10.1. The molecule has 30 heavy (non-hydrogen) atoms. The molecule has 1 aromatic carbocycles. The lowest BCUT2D eigenvalue weighted by Gasteiger charge is -2.29. The maximum Gasteiger partial charge on any atom is 0.193 e. The van der Waals surface area contributed by atoms with Gasteiger partial charge in [-0.2, -0.15) is 0 Å². The number of nitrogens with one attached hydrogen (secondary N) is 1. The summed E-state index contributed by atoms with van der Waals surface area (Å²) in [6, 6.07) is 11.1. The highest BCUT2D eigenvalue weighted by atomic mass is 127. The van der Waals surface area contributed by atoms with Gasteiger partial charge in [-0.3, -0.25) is 14.8 Å². The number of benzene rings is 1. The van der Waals surface area contributed by atoms with Gasteiger partial charge in [-0.1, -0.05) is 30.3 Å². The van der Waals surface area contributed by atoms with E-state index < -0.39 is 0 Å². The number of guanidine groups is 1. The lowest BCUT2D eigenvalue weighted by Crippen LogP contribution is -2.43. The topological polar surface area (TPSA) is 43.3 Å². The quantitative estimate of drug-likeness (QED) is 0.319. The van der Waals surface area contributed by atoms with E-state index in [-0.39, 0.29) is 24.0 Å². The van der Waals surface area contributed by atoms with Crippen molar-refractivity contribution in [1.82, 2.24) is 20.0 Å². The number of hydrogen-bond acceptors (Lipinski definition) is 4. The van der Waals surface area contributed by atoms with Crippen LogP contribution in [-0.2, 0) is 11.3 Å². The Morgan fingerprint density at radius 1 is 1.23 bits per heavy atom. The third-order valence-electron chi connectivity index (χ3n) is 6.07. The summed E-state index contributed by atoms with van der Waals surface area (Å²) in [4.78, 5) is 12.4. The molecule has 0 bridgehead atoms. The van der Waals surface area contributed by atoms with E-state index in [9.17, 15) is 0 Å². The molecule has 2 unspecified atom stereocenters. The van der Waals surface area contributed by atoms with Crippen molar-refractivity contribution in [3.8, 4) is 0 Å². The van der Waals surface area contributed by atoms with Crippen molar-refractivity contribution < 1.29 is 4.74 Å². The number of likely N-dealkylation sites (N-methyl/N-ethyl adjacent to an activating group) is 1. The zero-order chi connectivity index (χ0) is 20.5. The summed E-state index contributed by atoms with van der Waals surface area (Å²) in [5, 5.41) is 3.52. The molecule has 0 radical (unpaired) electrons. The Morgan fingerprint density at radius 2 is 1.97 bits per heavy atom. The second-order valence-electron chi connectivity index (χ2n) is 8.46. The van der Waals surface area contributed by atoms with Crippen LogP contribution in [0, 0.1) is 5.92 Å². The highest BCUT2D eigenvalue weighted by Gasteiger charge is 2.27. The van der Waals surface area contributed by atoms with Crippen LogP contribution < -0.4 is 5.32 Å². The predicted octanol–water partition coefficient (Wildman–Crippen LogP) is 2.74. The third kappa shape index (κ3) is 7.98. The van der Waals surface area contributed by atoms with Crippen molar-refractivity contribution in [1.29, 1.82) is 0 Å². The summed E-state index contributed by atoms with van der Waals surface area (Å²) in [5.41, 5.74) is 1.35. The number of hydrogen-bond donors (Lipinski definition) is 1. The van der Waals surface area contributed by atoms with Crippen LogP contribution in [0.5, 0.6) is 0 Å². The van der Waals surface area contributed by atoms with Gasteiger partial charge in [0.2, 0.25) is 0 Å². The standard InChI is InChI=1S/C23H39N5O.HI/c1-4-24-23(25-16-20(2)26(3)17-21-8-6-5-7-9-21)28-11-10-22(19-28)18-27-12-14-29-15-13-27;/h5-9,20,22H,4,10-19H2,1-3H3,(H,24,25);1H. The second kappa shape index (κ2) is 13.5. The fourth-order valence-corrected chi connectivity index (χ4v) is 4.13. The van der Waals surface area contributed by atoms with Crippen LogP contribution in [0.1, 0.15) is 25.8 Å². The summed E-state index contributed by atoms with van der Waals surface area (Å²) >= 11 is 0. The number of ether oxygens (including phenoxy) is 1. The molecule has 2 atom stereocenters. The Morgan fingerprint density at radius 3 is 2.67 bits per heavy atom. The summed E-state index contributed by atoms with van der Waals surface area (Å²) in [5.74, 6) is 1.81. The molecule has 0 spiro atoms. The van der Waals surface area contributed by atoms with Crippen LogP contribution in [-0.4, -0.2) is 92.8 Å². The van der Waals surface area contributed by atoms with Crippen LogP contribution in [0.4, 0.5) is 0 Å². The zero-order valence-corrected chi connectivity index (χ0v) is 21.3. The Bertz CT molecular complexity index is 623. The van der Waals surface area contributed by atoms with Gasteiger partial charge in [0, 0.05) is 51.9 Å². The van der Waals surface area contributed by atoms with Gasteiger partial charge in [0.1, 0.15) is 0 Å². The van der Waals surface area contributed by atoms with Crippen molar-refractivity contribution in [2.24, 2.45) is 10.9 Å². The first kappa shape index (κ1) is 25.4. The van der Waals surface area contributed by atoms with E-state index in [0.717, 1.165) is 70.9 Å². The maximum absolute atomic E-state index is 5.48. The van der Waals surface area contributed by atoms with Crippen molar-refractivity contribution in [3.05, 3.63) is 35.9 Å². The molecule has 0 aliphatic carbocycles. The molecule has 2 aliphatic rings.